The van der Waals surface area contributed by atoms with Crippen LogP contribution in [0.3, 0.4) is 0 Å². The second kappa shape index (κ2) is 6.37. The Balaban J connectivity index is 1.86. The number of halogens is 1. The summed E-state index contributed by atoms with van der Waals surface area (Å²) < 4.78 is 5.59. The van der Waals surface area contributed by atoms with Gasteiger partial charge in [0.2, 0.25) is 0 Å². The Morgan fingerprint density at radius 1 is 1.25 bits per heavy atom. The fraction of sp³-hybridized carbons (Fsp3) is 0.111. The van der Waals surface area contributed by atoms with Gasteiger partial charge < -0.3 is 9.52 Å². The third-order valence-electron chi connectivity index (χ3n) is 3.72. The van der Waals surface area contributed by atoms with Crippen LogP contribution in [0.1, 0.15) is 28.6 Å². The normalized spacial score (nSPS) is 11.7. The van der Waals surface area contributed by atoms with Crippen LogP contribution < -0.4 is 5.43 Å². The number of benzene rings is 2. The van der Waals surface area contributed by atoms with Gasteiger partial charge in [-0.05, 0) is 38.1 Å². The highest BCUT2D eigenvalue weighted by Crippen LogP contribution is 2.25. The molecule has 0 aliphatic heterocycles. The number of aromatic hydroxyl groups is 1. The second-order valence-corrected chi connectivity index (χ2v) is 5.79. The Hall–Kier alpha value is -2.79. The van der Waals surface area contributed by atoms with Crippen molar-refractivity contribution in [2.45, 2.75) is 13.8 Å². The topological polar surface area (TPSA) is 74.8 Å². The van der Waals surface area contributed by atoms with Crippen molar-refractivity contribution in [3.05, 3.63) is 64.4 Å². The number of aryl methyl sites for hydroxylation is 1. The number of hydrogen-bond donors (Lipinski definition) is 2. The molecule has 1 heterocycles. The molecule has 0 fully saturated rings. The molecule has 0 aliphatic rings. The largest absolute Gasteiger partial charge is 0.507 e. The van der Waals surface area contributed by atoms with E-state index in [1.165, 1.54) is 6.07 Å². The number of hydrogen-bond acceptors (Lipinski definition) is 4. The number of phenols is 1. The molecule has 0 radical (unpaired) electrons. The molecule has 2 aromatic carbocycles. The van der Waals surface area contributed by atoms with E-state index in [1.54, 1.807) is 25.1 Å². The van der Waals surface area contributed by atoms with Gasteiger partial charge in [-0.1, -0.05) is 29.8 Å². The summed E-state index contributed by atoms with van der Waals surface area (Å²) in [4.78, 5) is 12.3. The molecule has 0 saturated heterocycles. The van der Waals surface area contributed by atoms with Crippen molar-refractivity contribution in [2.24, 2.45) is 5.10 Å². The summed E-state index contributed by atoms with van der Waals surface area (Å²) in [5.41, 5.74) is 4.72. The highest BCUT2D eigenvalue weighted by atomic mass is 35.5. The van der Waals surface area contributed by atoms with Gasteiger partial charge in [-0.25, -0.2) is 5.43 Å². The molecule has 3 rings (SSSR count). The molecule has 0 bridgehead atoms. The number of nitrogens with zero attached hydrogens (tertiary/aromatic N) is 1. The Labute approximate surface area is 143 Å². The van der Waals surface area contributed by atoms with Crippen LogP contribution >= 0.6 is 11.6 Å². The number of furan rings is 1. The van der Waals surface area contributed by atoms with E-state index in [2.05, 4.69) is 10.5 Å². The quantitative estimate of drug-likeness (QED) is 0.551. The first-order valence-electron chi connectivity index (χ1n) is 7.29. The molecule has 0 aliphatic carbocycles. The van der Waals surface area contributed by atoms with Gasteiger partial charge in [0.1, 0.15) is 11.3 Å². The minimum Gasteiger partial charge on any atom is -0.507 e. The molecule has 122 valence electrons. The van der Waals surface area contributed by atoms with Crippen molar-refractivity contribution in [2.75, 3.05) is 0 Å². The predicted molar refractivity (Wildman–Crippen MR) is 93.7 cm³/mol. The van der Waals surface area contributed by atoms with E-state index in [0.717, 1.165) is 10.9 Å². The van der Waals surface area contributed by atoms with Crippen molar-refractivity contribution in [3.8, 4) is 5.75 Å². The molecule has 24 heavy (non-hydrogen) atoms. The number of carbonyl (C=O) groups excluding carboxylic acids is 1. The van der Waals surface area contributed by atoms with Crippen LogP contribution in [0.4, 0.5) is 0 Å². The van der Waals surface area contributed by atoms with Crippen LogP contribution in [0.15, 0.2) is 52.0 Å². The molecule has 5 nitrogen and oxygen atoms in total. The van der Waals surface area contributed by atoms with E-state index in [4.69, 9.17) is 16.0 Å². The minimum atomic E-state index is -0.454. The molecule has 1 amide bonds. The van der Waals surface area contributed by atoms with Gasteiger partial charge >= 0.3 is 5.91 Å². The van der Waals surface area contributed by atoms with Crippen LogP contribution in [-0.4, -0.2) is 16.7 Å². The lowest BCUT2D eigenvalue weighted by Crippen LogP contribution is -2.19. The third-order valence-corrected chi connectivity index (χ3v) is 3.96. The van der Waals surface area contributed by atoms with Gasteiger partial charge in [0.25, 0.3) is 0 Å². The van der Waals surface area contributed by atoms with Crippen LogP contribution in [0, 0.1) is 6.92 Å². The zero-order valence-corrected chi connectivity index (χ0v) is 13.9. The number of amides is 1. The highest BCUT2D eigenvalue weighted by Gasteiger charge is 2.17. The zero-order chi connectivity index (χ0) is 17.3. The summed E-state index contributed by atoms with van der Waals surface area (Å²) in [6.07, 6.45) is 0. The molecular formula is C18H15ClN2O3. The first-order valence-corrected chi connectivity index (χ1v) is 7.67. The average molecular weight is 343 g/mol. The van der Waals surface area contributed by atoms with Crippen molar-refractivity contribution in [1.82, 2.24) is 5.43 Å². The average Bonchev–Trinajstić information content (AvgIpc) is 2.92. The Morgan fingerprint density at radius 3 is 2.75 bits per heavy atom. The minimum absolute atomic E-state index is 0.0369. The van der Waals surface area contributed by atoms with E-state index >= 15 is 0 Å². The molecule has 2 N–H and O–H groups in total. The first-order chi connectivity index (χ1) is 11.5. The summed E-state index contributed by atoms with van der Waals surface area (Å²) in [5, 5.41) is 15.2. The van der Waals surface area contributed by atoms with Gasteiger partial charge in [-0.3, -0.25) is 4.79 Å². The van der Waals surface area contributed by atoms with Crippen LogP contribution in [0.25, 0.3) is 11.0 Å². The standard InChI is InChI=1S/C18H15ClN2O3/c1-10-13-5-3-4-6-16(13)24-17(10)18(23)21-20-11(2)14-9-12(19)7-8-15(14)22/h3-9,22H,1-2H3,(H,21,23)/b20-11+. The molecule has 0 unspecified atom stereocenters. The fourth-order valence-electron chi connectivity index (χ4n) is 2.43. The number of phenolic OH excluding ortho intramolecular Hbond substituents is 1. The van der Waals surface area contributed by atoms with Crippen LogP contribution in [0.2, 0.25) is 5.02 Å². The Kier molecular flexibility index (Phi) is 4.27. The number of nitrogens with one attached hydrogen (secondary N) is 1. The second-order valence-electron chi connectivity index (χ2n) is 5.35. The van der Waals surface area contributed by atoms with E-state index in [0.29, 0.717) is 21.9 Å². The van der Waals surface area contributed by atoms with E-state index < -0.39 is 5.91 Å². The zero-order valence-electron chi connectivity index (χ0n) is 13.1. The number of hydrazone groups is 1. The third kappa shape index (κ3) is 2.98. The number of rotatable bonds is 3. The molecular weight excluding hydrogens is 328 g/mol. The smallest absolute Gasteiger partial charge is 0.307 e. The molecule has 3 aromatic rings. The molecule has 1 aromatic heterocycles. The van der Waals surface area contributed by atoms with Crippen LogP contribution in [0.5, 0.6) is 5.75 Å². The monoisotopic (exact) mass is 342 g/mol. The van der Waals surface area contributed by atoms with E-state index in [-0.39, 0.29) is 11.5 Å². The van der Waals surface area contributed by atoms with Gasteiger partial charge in [0.05, 0.1) is 5.71 Å². The number of carbonyl (C=O) groups is 1. The lowest BCUT2D eigenvalue weighted by atomic mass is 10.1. The molecule has 6 heteroatoms. The maximum Gasteiger partial charge on any atom is 0.307 e. The van der Waals surface area contributed by atoms with Crippen molar-refractivity contribution < 1.29 is 14.3 Å². The molecule has 0 spiro atoms. The van der Waals surface area contributed by atoms with Crippen LogP contribution in [-0.2, 0) is 0 Å². The predicted octanol–water partition coefficient (Wildman–Crippen LogP) is 4.25. The highest BCUT2D eigenvalue weighted by molar-refractivity contribution is 6.31. The summed E-state index contributed by atoms with van der Waals surface area (Å²) >= 11 is 5.92. The summed E-state index contributed by atoms with van der Waals surface area (Å²) in [6.45, 7) is 3.48. The maximum absolute atomic E-state index is 12.3. The SMILES string of the molecule is C/C(=N\NC(=O)c1oc2ccccc2c1C)c1cc(Cl)ccc1O. The van der Waals surface area contributed by atoms with Crippen molar-refractivity contribution in [3.63, 3.8) is 0 Å². The van der Waals surface area contributed by atoms with Gasteiger partial charge in [-0.2, -0.15) is 5.10 Å². The maximum atomic E-state index is 12.3. The van der Waals surface area contributed by atoms with Crippen molar-refractivity contribution >= 4 is 34.2 Å². The van der Waals surface area contributed by atoms with Gasteiger partial charge in [0.15, 0.2) is 5.76 Å². The van der Waals surface area contributed by atoms with Crippen molar-refractivity contribution in [1.29, 1.82) is 0 Å². The fourth-order valence-corrected chi connectivity index (χ4v) is 2.61. The summed E-state index contributed by atoms with van der Waals surface area (Å²) in [6, 6.07) is 12.1. The van der Waals surface area contributed by atoms with Gasteiger partial charge in [-0.15, -0.1) is 0 Å². The number of para-hydroxylation sites is 1. The lowest BCUT2D eigenvalue weighted by Gasteiger charge is -2.05. The number of fused-ring (bicyclic) bond motifs is 1. The Bertz CT molecular complexity index is 960. The molecule has 0 atom stereocenters. The Morgan fingerprint density at radius 2 is 2.00 bits per heavy atom. The lowest BCUT2D eigenvalue weighted by molar-refractivity contribution is 0.0928. The van der Waals surface area contributed by atoms with Gasteiger partial charge in [0, 0.05) is 21.5 Å². The van der Waals surface area contributed by atoms with E-state index in [1.807, 2.05) is 25.1 Å². The molecule has 0 saturated carbocycles. The summed E-state index contributed by atoms with van der Waals surface area (Å²) in [7, 11) is 0. The summed E-state index contributed by atoms with van der Waals surface area (Å²) in [5.74, 6) is -0.206. The first kappa shape index (κ1) is 16.1. The van der Waals surface area contributed by atoms with E-state index in [9.17, 15) is 9.90 Å².